The van der Waals surface area contributed by atoms with Crippen molar-refractivity contribution in [3.8, 4) is 0 Å². The maximum Gasteiger partial charge on any atom is 0.236 e. The average Bonchev–Trinajstić information content (AvgIpc) is 2.35. The molecular weight excluding hydrogens is 208 g/mol. The van der Waals surface area contributed by atoms with Crippen LogP contribution in [0.1, 0.15) is 20.3 Å². The van der Waals surface area contributed by atoms with Gasteiger partial charge in [0, 0.05) is 19.1 Å². The van der Waals surface area contributed by atoms with Gasteiger partial charge in [-0.3, -0.25) is 4.79 Å². The van der Waals surface area contributed by atoms with Crippen LogP contribution in [0.25, 0.3) is 0 Å². The molecule has 0 radical (unpaired) electrons. The maximum absolute atomic E-state index is 11.8. The Hall–Kier alpha value is -0.650. The van der Waals surface area contributed by atoms with Crippen LogP contribution in [0.5, 0.6) is 0 Å². The number of amides is 1. The van der Waals surface area contributed by atoms with Gasteiger partial charge in [-0.1, -0.05) is 6.92 Å². The molecule has 1 fully saturated rings. The SMILES string of the molecule is CCC(C)NCC(=O)N1CCOC(CO)C1. The van der Waals surface area contributed by atoms with Crippen LogP contribution in [0.2, 0.25) is 0 Å². The minimum absolute atomic E-state index is 0.0252. The highest BCUT2D eigenvalue weighted by Crippen LogP contribution is 2.04. The van der Waals surface area contributed by atoms with E-state index in [9.17, 15) is 4.79 Å². The van der Waals surface area contributed by atoms with Crippen molar-refractivity contribution in [1.29, 1.82) is 0 Å². The molecule has 94 valence electrons. The molecule has 0 aromatic rings. The van der Waals surface area contributed by atoms with Crippen LogP contribution < -0.4 is 5.32 Å². The Balaban J connectivity index is 2.30. The normalized spacial score (nSPS) is 23.2. The highest BCUT2D eigenvalue weighted by molar-refractivity contribution is 5.78. The first kappa shape index (κ1) is 13.4. The molecule has 0 saturated carbocycles. The number of aliphatic hydroxyl groups is 1. The summed E-state index contributed by atoms with van der Waals surface area (Å²) in [6.45, 7) is 6.12. The van der Waals surface area contributed by atoms with Crippen LogP contribution in [0.3, 0.4) is 0 Å². The van der Waals surface area contributed by atoms with Gasteiger partial charge < -0.3 is 20.1 Å². The average molecular weight is 230 g/mol. The zero-order chi connectivity index (χ0) is 12.0. The predicted molar refractivity (Wildman–Crippen MR) is 61.2 cm³/mol. The molecule has 16 heavy (non-hydrogen) atoms. The van der Waals surface area contributed by atoms with E-state index < -0.39 is 0 Å². The zero-order valence-corrected chi connectivity index (χ0v) is 10.1. The highest BCUT2D eigenvalue weighted by Gasteiger charge is 2.23. The molecular formula is C11H22N2O3. The van der Waals surface area contributed by atoms with Gasteiger partial charge in [-0.05, 0) is 13.3 Å². The summed E-state index contributed by atoms with van der Waals surface area (Å²) in [5.41, 5.74) is 0. The van der Waals surface area contributed by atoms with Crippen LogP contribution >= 0.6 is 0 Å². The fourth-order valence-corrected chi connectivity index (χ4v) is 1.57. The number of nitrogens with one attached hydrogen (secondary N) is 1. The van der Waals surface area contributed by atoms with Gasteiger partial charge in [-0.15, -0.1) is 0 Å². The van der Waals surface area contributed by atoms with Crippen LogP contribution in [0.4, 0.5) is 0 Å². The van der Waals surface area contributed by atoms with Gasteiger partial charge in [-0.25, -0.2) is 0 Å². The number of hydrogen-bond acceptors (Lipinski definition) is 4. The van der Waals surface area contributed by atoms with Gasteiger partial charge in [-0.2, -0.15) is 0 Å². The van der Waals surface area contributed by atoms with Crippen LogP contribution in [-0.2, 0) is 9.53 Å². The van der Waals surface area contributed by atoms with E-state index in [1.807, 2.05) is 0 Å². The van der Waals surface area contributed by atoms with E-state index in [0.717, 1.165) is 6.42 Å². The van der Waals surface area contributed by atoms with Gasteiger partial charge in [0.2, 0.25) is 5.91 Å². The molecule has 1 aliphatic rings. The molecule has 1 aliphatic heterocycles. The lowest BCUT2D eigenvalue weighted by Gasteiger charge is -2.32. The number of nitrogens with zero attached hydrogens (tertiary/aromatic N) is 1. The molecule has 2 unspecified atom stereocenters. The minimum atomic E-state index is -0.221. The third-order valence-corrected chi connectivity index (χ3v) is 2.91. The van der Waals surface area contributed by atoms with Gasteiger partial charge in [0.15, 0.2) is 0 Å². The van der Waals surface area contributed by atoms with Crippen molar-refractivity contribution in [2.24, 2.45) is 0 Å². The van der Waals surface area contributed by atoms with E-state index in [-0.39, 0.29) is 18.6 Å². The monoisotopic (exact) mass is 230 g/mol. The Morgan fingerprint density at radius 3 is 3.06 bits per heavy atom. The second-order valence-electron chi connectivity index (χ2n) is 4.21. The fourth-order valence-electron chi connectivity index (χ4n) is 1.57. The highest BCUT2D eigenvalue weighted by atomic mass is 16.5. The third-order valence-electron chi connectivity index (χ3n) is 2.91. The molecule has 0 aliphatic carbocycles. The lowest BCUT2D eigenvalue weighted by molar-refractivity contribution is -0.139. The smallest absolute Gasteiger partial charge is 0.236 e. The van der Waals surface area contributed by atoms with Crippen molar-refractivity contribution in [2.45, 2.75) is 32.4 Å². The molecule has 0 aromatic heterocycles. The maximum atomic E-state index is 11.8. The topological polar surface area (TPSA) is 61.8 Å². The first-order chi connectivity index (χ1) is 7.67. The second-order valence-corrected chi connectivity index (χ2v) is 4.21. The van der Waals surface area contributed by atoms with Crippen molar-refractivity contribution in [2.75, 3.05) is 32.8 Å². The second kappa shape index (κ2) is 6.83. The first-order valence-electron chi connectivity index (χ1n) is 5.91. The van der Waals surface area contributed by atoms with Crippen LogP contribution in [0, 0.1) is 0 Å². The lowest BCUT2D eigenvalue weighted by Crippen LogP contribution is -2.50. The molecule has 0 bridgehead atoms. The number of aliphatic hydroxyl groups excluding tert-OH is 1. The summed E-state index contributed by atoms with van der Waals surface area (Å²) in [5.74, 6) is 0.0852. The number of rotatable bonds is 5. The Bertz CT molecular complexity index is 223. The van der Waals surface area contributed by atoms with Gasteiger partial charge >= 0.3 is 0 Å². The van der Waals surface area contributed by atoms with Gasteiger partial charge in [0.05, 0.1) is 25.9 Å². The van der Waals surface area contributed by atoms with Gasteiger partial charge in [0.1, 0.15) is 0 Å². The third kappa shape index (κ3) is 4.08. The number of hydrogen-bond donors (Lipinski definition) is 2. The molecule has 2 atom stereocenters. The largest absolute Gasteiger partial charge is 0.394 e. The molecule has 1 heterocycles. The summed E-state index contributed by atoms with van der Waals surface area (Å²) in [6, 6.07) is 0.360. The molecule has 0 aromatic carbocycles. The summed E-state index contributed by atoms with van der Waals surface area (Å²) in [7, 11) is 0. The molecule has 5 nitrogen and oxygen atoms in total. The molecule has 1 rings (SSSR count). The molecule has 2 N–H and O–H groups in total. The van der Waals surface area contributed by atoms with E-state index >= 15 is 0 Å². The number of carbonyl (C=O) groups excluding carboxylic acids is 1. The summed E-state index contributed by atoms with van der Waals surface area (Å²) in [4.78, 5) is 13.6. The van der Waals surface area contributed by atoms with E-state index in [0.29, 0.717) is 32.3 Å². The zero-order valence-electron chi connectivity index (χ0n) is 10.1. The number of morpholine rings is 1. The summed E-state index contributed by atoms with van der Waals surface area (Å²) >= 11 is 0. The van der Waals surface area contributed by atoms with Crippen LogP contribution in [-0.4, -0.2) is 60.9 Å². The molecule has 1 amide bonds. The summed E-state index contributed by atoms with van der Waals surface area (Å²) in [5, 5.41) is 12.1. The Labute approximate surface area is 96.8 Å². The Kier molecular flexibility index (Phi) is 5.73. The van der Waals surface area contributed by atoms with E-state index in [1.165, 1.54) is 0 Å². The predicted octanol–water partition coefficient (Wildman–Crippen LogP) is -0.406. The fraction of sp³-hybridized carbons (Fsp3) is 0.909. The molecule has 1 saturated heterocycles. The van der Waals surface area contributed by atoms with E-state index in [1.54, 1.807) is 4.90 Å². The number of ether oxygens (including phenoxy) is 1. The van der Waals surface area contributed by atoms with E-state index in [2.05, 4.69) is 19.2 Å². The van der Waals surface area contributed by atoms with Crippen molar-refractivity contribution < 1.29 is 14.6 Å². The Morgan fingerprint density at radius 2 is 2.44 bits per heavy atom. The van der Waals surface area contributed by atoms with Gasteiger partial charge in [0.25, 0.3) is 0 Å². The summed E-state index contributed by atoms with van der Waals surface area (Å²) in [6.07, 6.45) is 0.789. The standard InChI is InChI=1S/C11H22N2O3/c1-3-9(2)12-6-11(15)13-4-5-16-10(7-13)8-14/h9-10,12,14H,3-8H2,1-2H3. The van der Waals surface area contributed by atoms with Crippen LogP contribution in [0.15, 0.2) is 0 Å². The van der Waals surface area contributed by atoms with Crippen molar-refractivity contribution in [3.63, 3.8) is 0 Å². The van der Waals surface area contributed by atoms with Crippen molar-refractivity contribution in [1.82, 2.24) is 10.2 Å². The Morgan fingerprint density at radius 1 is 1.69 bits per heavy atom. The van der Waals surface area contributed by atoms with Crippen molar-refractivity contribution in [3.05, 3.63) is 0 Å². The quantitative estimate of drug-likeness (QED) is 0.674. The summed E-state index contributed by atoms with van der Waals surface area (Å²) < 4.78 is 5.29. The first-order valence-corrected chi connectivity index (χ1v) is 5.91. The molecule has 0 spiro atoms. The van der Waals surface area contributed by atoms with Crippen molar-refractivity contribution >= 4 is 5.91 Å². The van der Waals surface area contributed by atoms with E-state index in [4.69, 9.17) is 9.84 Å². The minimum Gasteiger partial charge on any atom is -0.394 e. The number of carbonyl (C=O) groups is 1. The molecule has 5 heteroatoms. The lowest BCUT2D eigenvalue weighted by atomic mass is 10.2.